The lowest BCUT2D eigenvalue weighted by Crippen LogP contribution is -2.43. The van der Waals surface area contributed by atoms with Crippen molar-refractivity contribution in [2.75, 3.05) is 11.9 Å². The van der Waals surface area contributed by atoms with Gasteiger partial charge in [-0.3, -0.25) is 9.59 Å². The molecule has 2 aromatic carbocycles. The van der Waals surface area contributed by atoms with Crippen molar-refractivity contribution in [3.05, 3.63) is 65.0 Å². The van der Waals surface area contributed by atoms with Crippen molar-refractivity contribution in [2.24, 2.45) is 0 Å². The summed E-state index contributed by atoms with van der Waals surface area (Å²) in [5.41, 5.74) is 3.13. The lowest BCUT2D eigenvalue weighted by atomic mass is 10.1. The largest absolute Gasteiger partial charge is 0.327 e. The molecule has 0 unspecified atom stereocenters. The summed E-state index contributed by atoms with van der Waals surface area (Å²) in [6.07, 6.45) is 1.36. The highest BCUT2D eigenvalue weighted by Crippen LogP contribution is 2.23. The van der Waals surface area contributed by atoms with Crippen LogP contribution in [0.3, 0.4) is 0 Å². The van der Waals surface area contributed by atoms with Gasteiger partial charge in [-0.2, -0.15) is 0 Å². The van der Waals surface area contributed by atoms with Gasteiger partial charge in [0.2, 0.25) is 5.91 Å². The fourth-order valence-electron chi connectivity index (χ4n) is 3.24. The van der Waals surface area contributed by atoms with Crippen LogP contribution in [0.5, 0.6) is 0 Å². The van der Waals surface area contributed by atoms with Gasteiger partial charge >= 0.3 is 0 Å². The van der Waals surface area contributed by atoms with E-state index in [0.29, 0.717) is 13.0 Å². The molecule has 1 N–H and O–H groups in total. The van der Waals surface area contributed by atoms with Crippen LogP contribution >= 0.6 is 0 Å². The molecule has 2 aromatic rings. The second-order valence-corrected chi connectivity index (χ2v) is 6.47. The zero-order valence-corrected chi connectivity index (χ0v) is 14.4. The number of amides is 2. The quantitative estimate of drug-likeness (QED) is 0.926. The summed E-state index contributed by atoms with van der Waals surface area (Å²) in [6, 6.07) is 10.9. The lowest BCUT2D eigenvalue weighted by molar-refractivity contribution is -0.119. The molecule has 1 aliphatic rings. The van der Waals surface area contributed by atoms with Crippen LogP contribution in [0.2, 0.25) is 0 Å². The standard InChI is InChI=1S/C20H21FN2O2/c1-13-8-9-17(14(2)11-13)22-19(24)18-7-4-10-23(18)20(25)15-5-3-6-16(21)12-15/h3,5-6,8-9,11-12,18H,4,7,10H2,1-2H3,(H,22,24)/t18-/m0/s1. The second-order valence-electron chi connectivity index (χ2n) is 6.47. The number of nitrogens with one attached hydrogen (secondary N) is 1. The Hall–Kier alpha value is -2.69. The Morgan fingerprint density at radius 3 is 2.68 bits per heavy atom. The molecule has 4 nitrogen and oxygen atoms in total. The Kier molecular flexibility index (Phi) is 4.83. The van der Waals surface area contributed by atoms with E-state index in [1.54, 1.807) is 6.07 Å². The molecule has 0 bridgehead atoms. The van der Waals surface area contributed by atoms with E-state index in [9.17, 15) is 14.0 Å². The van der Waals surface area contributed by atoms with Crippen molar-refractivity contribution in [1.29, 1.82) is 0 Å². The van der Waals surface area contributed by atoms with Crippen LogP contribution in [0.1, 0.15) is 34.3 Å². The number of rotatable bonds is 3. The van der Waals surface area contributed by atoms with Crippen LogP contribution in [0, 0.1) is 19.7 Å². The maximum atomic E-state index is 13.4. The highest BCUT2D eigenvalue weighted by molar-refractivity contribution is 6.01. The highest BCUT2D eigenvalue weighted by Gasteiger charge is 2.34. The predicted octanol–water partition coefficient (Wildman–Crippen LogP) is 3.69. The van der Waals surface area contributed by atoms with Gasteiger partial charge < -0.3 is 10.2 Å². The molecule has 130 valence electrons. The third-order valence-corrected chi connectivity index (χ3v) is 4.53. The zero-order chi connectivity index (χ0) is 18.0. The van der Waals surface area contributed by atoms with Crippen molar-refractivity contribution in [1.82, 2.24) is 4.90 Å². The molecule has 1 fully saturated rings. The summed E-state index contributed by atoms with van der Waals surface area (Å²) in [4.78, 5) is 26.9. The number of likely N-dealkylation sites (tertiary alicyclic amines) is 1. The van der Waals surface area contributed by atoms with E-state index < -0.39 is 11.9 Å². The van der Waals surface area contributed by atoms with Crippen LogP contribution in [0.25, 0.3) is 0 Å². The number of hydrogen-bond donors (Lipinski definition) is 1. The molecule has 0 radical (unpaired) electrons. The first kappa shape index (κ1) is 17.1. The molecule has 5 heteroatoms. The van der Waals surface area contributed by atoms with Crippen molar-refractivity contribution in [3.8, 4) is 0 Å². The van der Waals surface area contributed by atoms with Gasteiger partial charge in [0.25, 0.3) is 5.91 Å². The van der Waals surface area contributed by atoms with Crippen molar-refractivity contribution < 1.29 is 14.0 Å². The summed E-state index contributed by atoms with van der Waals surface area (Å²) in [5.74, 6) is -0.965. The minimum absolute atomic E-state index is 0.200. The maximum absolute atomic E-state index is 13.4. The third kappa shape index (κ3) is 3.71. The molecule has 0 spiro atoms. The number of carbonyl (C=O) groups is 2. The average Bonchev–Trinajstić information content (AvgIpc) is 3.06. The summed E-state index contributed by atoms with van der Waals surface area (Å²) in [7, 11) is 0. The SMILES string of the molecule is Cc1ccc(NC(=O)[C@@H]2CCCN2C(=O)c2cccc(F)c2)c(C)c1. The molecule has 2 amide bonds. The molecule has 0 aromatic heterocycles. The molecule has 25 heavy (non-hydrogen) atoms. The Balaban J connectivity index is 1.76. The molecular weight excluding hydrogens is 319 g/mol. The molecule has 1 atom stereocenters. The molecule has 1 saturated heterocycles. The molecule has 0 aliphatic carbocycles. The number of benzene rings is 2. The molecule has 3 rings (SSSR count). The van der Waals surface area contributed by atoms with Crippen LogP contribution in [0.15, 0.2) is 42.5 Å². The monoisotopic (exact) mass is 340 g/mol. The van der Waals surface area contributed by atoms with Gasteiger partial charge in [-0.25, -0.2) is 4.39 Å². The normalized spacial score (nSPS) is 16.8. The van der Waals surface area contributed by atoms with Gasteiger partial charge in [0.1, 0.15) is 11.9 Å². The van der Waals surface area contributed by atoms with Gasteiger partial charge in [-0.1, -0.05) is 23.8 Å². The van der Waals surface area contributed by atoms with E-state index in [1.165, 1.54) is 23.1 Å². The number of hydrogen-bond acceptors (Lipinski definition) is 2. The van der Waals surface area contributed by atoms with E-state index in [1.807, 2.05) is 32.0 Å². The fraction of sp³-hybridized carbons (Fsp3) is 0.300. The topological polar surface area (TPSA) is 49.4 Å². The number of halogens is 1. The molecule has 1 aliphatic heterocycles. The van der Waals surface area contributed by atoms with E-state index >= 15 is 0 Å². The van der Waals surface area contributed by atoms with Crippen molar-refractivity contribution in [3.63, 3.8) is 0 Å². The first-order valence-electron chi connectivity index (χ1n) is 8.40. The molecule has 0 saturated carbocycles. The Labute approximate surface area is 146 Å². The molecular formula is C20H21FN2O2. The van der Waals surface area contributed by atoms with E-state index in [4.69, 9.17) is 0 Å². The number of nitrogens with zero attached hydrogens (tertiary/aromatic N) is 1. The third-order valence-electron chi connectivity index (χ3n) is 4.53. The van der Waals surface area contributed by atoms with E-state index in [0.717, 1.165) is 23.2 Å². The summed E-state index contributed by atoms with van der Waals surface area (Å²) in [5, 5.41) is 2.92. The summed E-state index contributed by atoms with van der Waals surface area (Å²) in [6.45, 7) is 4.43. The minimum Gasteiger partial charge on any atom is -0.327 e. The number of anilines is 1. The first-order valence-corrected chi connectivity index (χ1v) is 8.40. The fourth-order valence-corrected chi connectivity index (χ4v) is 3.24. The number of carbonyl (C=O) groups excluding carboxylic acids is 2. The lowest BCUT2D eigenvalue weighted by Gasteiger charge is -2.24. The van der Waals surface area contributed by atoms with Crippen molar-refractivity contribution in [2.45, 2.75) is 32.7 Å². The van der Waals surface area contributed by atoms with E-state index in [2.05, 4.69) is 5.32 Å². The molecule has 1 heterocycles. The summed E-state index contributed by atoms with van der Waals surface area (Å²) >= 11 is 0. The predicted molar refractivity (Wildman–Crippen MR) is 95.0 cm³/mol. The van der Waals surface area contributed by atoms with Gasteiger partial charge in [0, 0.05) is 17.8 Å². The first-order chi connectivity index (χ1) is 12.0. The Bertz CT molecular complexity index is 819. The van der Waals surface area contributed by atoms with E-state index in [-0.39, 0.29) is 17.4 Å². The van der Waals surface area contributed by atoms with Gasteiger partial charge in [-0.15, -0.1) is 0 Å². The summed E-state index contributed by atoms with van der Waals surface area (Å²) < 4.78 is 13.4. The van der Waals surface area contributed by atoms with Crippen molar-refractivity contribution >= 4 is 17.5 Å². The van der Waals surface area contributed by atoms with Gasteiger partial charge in [-0.05, 0) is 56.5 Å². The Morgan fingerprint density at radius 2 is 1.96 bits per heavy atom. The highest BCUT2D eigenvalue weighted by atomic mass is 19.1. The van der Waals surface area contributed by atoms with Crippen LogP contribution < -0.4 is 5.32 Å². The van der Waals surface area contributed by atoms with Crippen LogP contribution in [-0.4, -0.2) is 29.3 Å². The Morgan fingerprint density at radius 1 is 1.16 bits per heavy atom. The maximum Gasteiger partial charge on any atom is 0.254 e. The van der Waals surface area contributed by atoms with Crippen LogP contribution in [0.4, 0.5) is 10.1 Å². The average molecular weight is 340 g/mol. The number of aryl methyl sites for hydroxylation is 2. The second kappa shape index (κ2) is 7.05. The van der Waals surface area contributed by atoms with Crippen LogP contribution in [-0.2, 0) is 4.79 Å². The van der Waals surface area contributed by atoms with Gasteiger partial charge in [0.15, 0.2) is 0 Å². The minimum atomic E-state index is -0.531. The smallest absolute Gasteiger partial charge is 0.254 e. The zero-order valence-electron chi connectivity index (χ0n) is 14.4. The van der Waals surface area contributed by atoms with Gasteiger partial charge in [0.05, 0.1) is 0 Å².